The van der Waals surface area contributed by atoms with Crippen LogP contribution in [0.2, 0.25) is 0 Å². The molecule has 1 rings (SSSR count). The van der Waals surface area contributed by atoms with Crippen LogP contribution >= 0.6 is 15.9 Å². The Morgan fingerprint density at radius 2 is 2.31 bits per heavy atom. The molecule has 0 saturated carbocycles. The molecular weight excluding hydrogens is 277 g/mol. The van der Waals surface area contributed by atoms with Gasteiger partial charge < -0.3 is 5.11 Å². The maximum absolute atomic E-state index is 13.6. The first-order valence-corrected chi connectivity index (χ1v) is 5.27. The molecule has 0 amide bonds. The van der Waals surface area contributed by atoms with E-state index in [4.69, 9.17) is 10.4 Å². The maximum atomic E-state index is 13.6. The van der Waals surface area contributed by atoms with Crippen LogP contribution in [-0.2, 0) is 10.2 Å². The zero-order valence-corrected chi connectivity index (χ0v) is 10.1. The molecule has 0 fully saturated rings. The summed E-state index contributed by atoms with van der Waals surface area (Å²) in [7, 11) is 0. The van der Waals surface area contributed by atoms with Crippen molar-refractivity contribution in [2.45, 2.75) is 18.8 Å². The molecule has 1 unspecified atom stereocenters. The van der Waals surface area contributed by atoms with E-state index < -0.39 is 17.2 Å². The van der Waals surface area contributed by atoms with Crippen LogP contribution in [0.4, 0.5) is 4.39 Å². The number of hydrogen-bond acceptors (Lipinski definition) is 2. The number of halogens is 2. The average Bonchev–Trinajstić information content (AvgIpc) is 2.17. The van der Waals surface area contributed by atoms with Crippen molar-refractivity contribution in [3.8, 4) is 6.07 Å². The number of rotatable bonds is 3. The van der Waals surface area contributed by atoms with Crippen LogP contribution in [0.15, 0.2) is 22.7 Å². The van der Waals surface area contributed by atoms with Crippen LogP contribution in [0.5, 0.6) is 0 Å². The monoisotopic (exact) mass is 285 g/mol. The van der Waals surface area contributed by atoms with Gasteiger partial charge in [0.1, 0.15) is 11.2 Å². The standard InChI is InChI=1S/C11H9BrFNO2/c1-11(5-6-14,10(15)16)9-7(12)3-2-4-8(9)13/h2-4H,5H2,1H3,(H,15,16). The summed E-state index contributed by atoms with van der Waals surface area (Å²) in [4.78, 5) is 11.2. The fourth-order valence-electron chi connectivity index (χ4n) is 1.45. The average molecular weight is 286 g/mol. The van der Waals surface area contributed by atoms with Gasteiger partial charge in [-0.3, -0.25) is 4.79 Å². The van der Waals surface area contributed by atoms with E-state index >= 15 is 0 Å². The van der Waals surface area contributed by atoms with Gasteiger partial charge in [-0.2, -0.15) is 5.26 Å². The molecule has 3 nitrogen and oxygen atoms in total. The molecule has 1 atom stereocenters. The van der Waals surface area contributed by atoms with Crippen LogP contribution in [0, 0.1) is 17.1 Å². The lowest BCUT2D eigenvalue weighted by molar-refractivity contribution is -0.143. The van der Waals surface area contributed by atoms with Gasteiger partial charge >= 0.3 is 5.97 Å². The SMILES string of the molecule is CC(CC#N)(C(=O)O)c1c(F)cccc1Br. The summed E-state index contributed by atoms with van der Waals surface area (Å²) in [6.07, 6.45) is -0.290. The van der Waals surface area contributed by atoms with Crippen LogP contribution < -0.4 is 0 Å². The van der Waals surface area contributed by atoms with Crippen molar-refractivity contribution in [3.05, 3.63) is 34.1 Å². The molecule has 5 heteroatoms. The Kier molecular flexibility index (Phi) is 3.66. The molecule has 0 bridgehead atoms. The Morgan fingerprint density at radius 3 is 2.75 bits per heavy atom. The normalized spacial score (nSPS) is 13.9. The van der Waals surface area contributed by atoms with E-state index in [0.29, 0.717) is 4.47 Å². The lowest BCUT2D eigenvalue weighted by atomic mass is 9.80. The van der Waals surface area contributed by atoms with E-state index in [1.807, 2.05) is 0 Å². The summed E-state index contributed by atoms with van der Waals surface area (Å²) in [5, 5.41) is 17.8. The molecule has 0 saturated heterocycles. The summed E-state index contributed by atoms with van der Waals surface area (Å²) in [5.41, 5.74) is -1.54. The molecule has 0 radical (unpaired) electrons. The third kappa shape index (κ3) is 2.07. The summed E-state index contributed by atoms with van der Waals surface area (Å²) >= 11 is 3.11. The number of aliphatic carboxylic acids is 1. The predicted octanol–water partition coefficient (Wildman–Crippen LogP) is 2.84. The zero-order valence-electron chi connectivity index (χ0n) is 8.50. The lowest BCUT2D eigenvalue weighted by Crippen LogP contribution is -2.33. The molecule has 84 valence electrons. The van der Waals surface area contributed by atoms with Crippen LogP contribution in [0.3, 0.4) is 0 Å². The second-order valence-corrected chi connectivity index (χ2v) is 4.42. The summed E-state index contributed by atoms with van der Waals surface area (Å²) in [6, 6.07) is 5.98. The minimum atomic E-state index is -1.54. The highest BCUT2D eigenvalue weighted by atomic mass is 79.9. The van der Waals surface area contributed by atoms with E-state index in [9.17, 15) is 9.18 Å². The largest absolute Gasteiger partial charge is 0.481 e. The Hall–Kier alpha value is -1.41. The van der Waals surface area contributed by atoms with E-state index in [0.717, 1.165) is 0 Å². The van der Waals surface area contributed by atoms with Gasteiger partial charge in [-0.1, -0.05) is 22.0 Å². The van der Waals surface area contributed by atoms with Crippen molar-refractivity contribution in [1.82, 2.24) is 0 Å². The molecule has 1 aromatic rings. The molecular formula is C11H9BrFNO2. The van der Waals surface area contributed by atoms with Gasteiger partial charge in [-0.15, -0.1) is 0 Å². The molecule has 0 aromatic heterocycles. The van der Waals surface area contributed by atoms with Crippen molar-refractivity contribution in [2.24, 2.45) is 0 Å². The van der Waals surface area contributed by atoms with Crippen LogP contribution in [-0.4, -0.2) is 11.1 Å². The molecule has 1 N–H and O–H groups in total. The highest BCUT2D eigenvalue weighted by Gasteiger charge is 2.39. The summed E-state index contributed by atoms with van der Waals surface area (Å²) in [6.45, 7) is 1.34. The quantitative estimate of drug-likeness (QED) is 0.929. The number of nitrogens with zero attached hydrogens (tertiary/aromatic N) is 1. The number of carboxylic acids is 1. The molecule has 0 heterocycles. The van der Waals surface area contributed by atoms with Gasteiger partial charge in [0.15, 0.2) is 0 Å². The third-order valence-corrected chi connectivity index (χ3v) is 3.08. The fraction of sp³-hybridized carbons (Fsp3) is 0.273. The number of benzene rings is 1. The number of nitriles is 1. The first kappa shape index (κ1) is 12.7. The Balaban J connectivity index is 3.44. The van der Waals surface area contributed by atoms with Gasteiger partial charge in [0.2, 0.25) is 0 Å². The van der Waals surface area contributed by atoms with Gasteiger partial charge in [0.25, 0.3) is 0 Å². The van der Waals surface area contributed by atoms with Gasteiger partial charge in [0, 0.05) is 10.0 Å². The second-order valence-electron chi connectivity index (χ2n) is 3.57. The van der Waals surface area contributed by atoms with Crippen molar-refractivity contribution in [1.29, 1.82) is 5.26 Å². The molecule has 1 aromatic carbocycles. The molecule has 0 aliphatic heterocycles. The molecule has 16 heavy (non-hydrogen) atoms. The van der Waals surface area contributed by atoms with E-state index in [-0.39, 0.29) is 12.0 Å². The van der Waals surface area contributed by atoms with E-state index in [2.05, 4.69) is 15.9 Å². The second kappa shape index (κ2) is 4.62. The highest BCUT2D eigenvalue weighted by molar-refractivity contribution is 9.10. The van der Waals surface area contributed by atoms with Crippen molar-refractivity contribution in [2.75, 3.05) is 0 Å². The smallest absolute Gasteiger partial charge is 0.315 e. The number of carbonyl (C=O) groups is 1. The Labute approximate surface area is 101 Å². The lowest BCUT2D eigenvalue weighted by Gasteiger charge is -2.23. The minimum absolute atomic E-state index is 0.00375. The van der Waals surface area contributed by atoms with Gasteiger partial charge in [0.05, 0.1) is 12.5 Å². The highest BCUT2D eigenvalue weighted by Crippen LogP contribution is 2.35. The fourth-order valence-corrected chi connectivity index (χ4v) is 2.23. The first-order valence-electron chi connectivity index (χ1n) is 4.48. The van der Waals surface area contributed by atoms with E-state index in [1.54, 1.807) is 12.1 Å². The minimum Gasteiger partial charge on any atom is -0.481 e. The van der Waals surface area contributed by atoms with E-state index in [1.165, 1.54) is 19.1 Å². The molecule has 0 spiro atoms. The summed E-state index contributed by atoms with van der Waals surface area (Å²) in [5.74, 6) is -1.85. The van der Waals surface area contributed by atoms with Crippen LogP contribution in [0.1, 0.15) is 18.9 Å². The van der Waals surface area contributed by atoms with Gasteiger partial charge in [-0.25, -0.2) is 4.39 Å². The molecule has 0 aliphatic rings. The zero-order chi connectivity index (χ0) is 12.3. The van der Waals surface area contributed by atoms with Crippen molar-refractivity contribution < 1.29 is 14.3 Å². The Morgan fingerprint density at radius 1 is 1.69 bits per heavy atom. The van der Waals surface area contributed by atoms with Gasteiger partial charge in [-0.05, 0) is 19.1 Å². The Bertz CT molecular complexity index is 449. The first-order chi connectivity index (χ1) is 7.43. The van der Waals surface area contributed by atoms with Crippen molar-refractivity contribution in [3.63, 3.8) is 0 Å². The topological polar surface area (TPSA) is 61.1 Å². The maximum Gasteiger partial charge on any atom is 0.315 e. The summed E-state index contributed by atoms with van der Waals surface area (Å²) < 4.78 is 14.0. The number of hydrogen-bond donors (Lipinski definition) is 1. The van der Waals surface area contributed by atoms with Crippen molar-refractivity contribution >= 4 is 21.9 Å². The predicted molar refractivity (Wildman–Crippen MR) is 59.3 cm³/mol. The molecule has 0 aliphatic carbocycles. The third-order valence-electron chi connectivity index (χ3n) is 2.42. The van der Waals surface area contributed by atoms with Crippen LogP contribution in [0.25, 0.3) is 0 Å². The number of carboxylic acid groups (broad SMARTS) is 1.